The summed E-state index contributed by atoms with van der Waals surface area (Å²) in [5.41, 5.74) is 3.93. The van der Waals surface area contributed by atoms with E-state index in [0.29, 0.717) is 27.8 Å². The summed E-state index contributed by atoms with van der Waals surface area (Å²) in [6.45, 7) is 5.50. The molecular weight excluding hydrogens is 406 g/mol. The summed E-state index contributed by atoms with van der Waals surface area (Å²) >= 11 is 6.07. The molecule has 2 aromatic carbocycles. The van der Waals surface area contributed by atoms with Crippen LogP contribution in [0.1, 0.15) is 27.3 Å². The summed E-state index contributed by atoms with van der Waals surface area (Å²) in [5, 5.41) is 13.8. The Labute approximate surface area is 179 Å². The topological polar surface area (TPSA) is 98.1 Å². The van der Waals surface area contributed by atoms with E-state index in [9.17, 15) is 9.59 Å². The van der Waals surface area contributed by atoms with Crippen LogP contribution < -0.4 is 15.4 Å². The van der Waals surface area contributed by atoms with Gasteiger partial charge in [0.1, 0.15) is 12.3 Å². The number of aromatic nitrogens is 3. The van der Waals surface area contributed by atoms with Crippen molar-refractivity contribution in [3.05, 3.63) is 63.9 Å². The van der Waals surface area contributed by atoms with Crippen LogP contribution in [0.25, 0.3) is 0 Å². The Hall–Kier alpha value is -3.39. The molecule has 1 aromatic heterocycles. The van der Waals surface area contributed by atoms with Crippen molar-refractivity contribution >= 4 is 34.8 Å². The summed E-state index contributed by atoms with van der Waals surface area (Å²) in [7, 11) is 1.51. The molecule has 2 amide bonds. The third-order valence-corrected chi connectivity index (χ3v) is 4.85. The lowest BCUT2D eigenvalue weighted by Crippen LogP contribution is -2.21. The zero-order valence-electron chi connectivity index (χ0n) is 17.1. The summed E-state index contributed by atoms with van der Waals surface area (Å²) in [4.78, 5) is 25.0. The average Bonchev–Trinajstić information content (AvgIpc) is 3.04. The van der Waals surface area contributed by atoms with Crippen molar-refractivity contribution in [2.75, 3.05) is 17.7 Å². The number of carbonyl (C=O) groups excluding carboxylic acids is 2. The second-order valence-corrected chi connectivity index (χ2v) is 7.26. The van der Waals surface area contributed by atoms with E-state index in [1.807, 2.05) is 32.0 Å². The van der Waals surface area contributed by atoms with Gasteiger partial charge in [0.2, 0.25) is 5.91 Å². The zero-order valence-corrected chi connectivity index (χ0v) is 17.9. The number of benzene rings is 2. The van der Waals surface area contributed by atoms with Crippen LogP contribution in [0.4, 0.5) is 11.4 Å². The number of hydrogen-bond donors (Lipinski definition) is 2. The summed E-state index contributed by atoms with van der Waals surface area (Å²) in [6.07, 6.45) is 0. The SMILES string of the molecule is COc1ccc(NC(=O)Cn2nnc(C(=O)Nc3ccc(C)cc3C)c2C)cc1Cl. The molecule has 1 heterocycles. The smallest absolute Gasteiger partial charge is 0.278 e. The Morgan fingerprint density at radius 1 is 1.10 bits per heavy atom. The highest BCUT2D eigenvalue weighted by Gasteiger charge is 2.19. The van der Waals surface area contributed by atoms with Crippen molar-refractivity contribution in [1.82, 2.24) is 15.0 Å². The Morgan fingerprint density at radius 3 is 2.53 bits per heavy atom. The predicted octanol–water partition coefficient (Wildman–Crippen LogP) is 3.76. The number of amides is 2. The van der Waals surface area contributed by atoms with Crippen LogP contribution in [0, 0.1) is 20.8 Å². The maximum Gasteiger partial charge on any atom is 0.278 e. The van der Waals surface area contributed by atoms with Crippen LogP contribution in [0.15, 0.2) is 36.4 Å². The fraction of sp³-hybridized carbons (Fsp3) is 0.238. The van der Waals surface area contributed by atoms with Crippen LogP contribution in [0.2, 0.25) is 5.02 Å². The van der Waals surface area contributed by atoms with Gasteiger partial charge in [-0.2, -0.15) is 0 Å². The molecule has 0 aliphatic heterocycles. The van der Waals surface area contributed by atoms with Crippen LogP contribution in [0.3, 0.4) is 0 Å². The maximum absolute atomic E-state index is 12.6. The minimum absolute atomic E-state index is 0.0979. The first-order chi connectivity index (χ1) is 14.3. The largest absolute Gasteiger partial charge is 0.495 e. The molecule has 3 rings (SSSR count). The van der Waals surface area contributed by atoms with Crippen LogP contribution in [0.5, 0.6) is 5.75 Å². The summed E-state index contributed by atoms with van der Waals surface area (Å²) < 4.78 is 6.46. The van der Waals surface area contributed by atoms with Gasteiger partial charge in [-0.25, -0.2) is 4.68 Å². The molecule has 3 aromatic rings. The van der Waals surface area contributed by atoms with Crippen molar-refractivity contribution in [2.24, 2.45) is 0 Å². The third-order valence-electron chi connectivity index (χ3n) is 4.56. The molecule has 0 fully saturated rings. The van der Waals surface area contributed by atoms with E-state index in [0.717, 1.165) is 11.1 Å². The molecule has 0 unspecified atom stereocenters. The van der Waals surface area contributed by atoms with Gasteiger partial charge in [0.05, 0.1) is 17.8 Å². The van der Waals surface area contributed by atoms with Crippen molar-refractivity contribution in [1.29, 1.82) is 0 Å². The van der Waals surface area contributed by atoms with Crippen molar-refractivity contribution < 1.29 is 14.3 Å². The molecule has 8 nitrogen and oxygen atoms in total. The van der Waals surface area contributed by atoms with Gasteiger partial charge in [-0.3, -0.25) is 9.59 Å². The minimum atomic E-state index is -0.381. The van der Waals surface area contributed by atoms with Crippen molar-refractivity contribution in [2.45, 2.75) is 27.3 Å². The monoisotopic (exact) mass is 427 g/mol. The number of ether oxygens (including phenoxy) is 1. The van der Waals surface area contributed by atoms with Gasteiger partial charge < -0.3 is 15.4 Å². The number of anilines is 2. The molecule has 0 aliphatic carbocycles. The molecule has 156 valence electrons. The fourth-order valence-electron chi connectivity index (χ4n) is 2.94. The maximum atomic E-state index is 12.6. The fourth-order valence-corrected chi connectivity index (χ4v) is 3.19. The first-order valence-corrected chi connectivity index (χ1v) is 9.58. The van der Waals surface area contributed by atoms with Gasteiger partial charge in [0.15, 0.2) is 5.69 Å². The Kier molecular flexibility index (Phi) is 6.37. The van der Waals surface area contributed by atoms with Gasteiger partial charge >= 0.3 is 0 Å². The molecular formula is C21H22ClN5O3. The summed E-state index contributed by atoms with van der Waals surface area (Å²) in [5.74, 6) is -0.195. The summed E-state index contributed by atoms with van der Waals surface area (Å²) in [6, 6.07) is 10.7. The standard InChI is InChI=1S/C21H22ClN5O3/c1-12-5-7-17(13(2)9-12)24-21(29)20-14(3)27(26-25-20)11-19(28)23-15-6-8-18(30-4)16(22)10-15/h5-10H,11H2,1-4H3,(H,23,28)(H,24,29). The Bertz CT molecular complexity index is 1110. The molecule has 0 aliphatic rings. The molecule has 9 heteroatoms. The molecule has 0 saturated carbocycles. The number of aryl methyl sites for hydroxylation is 2. The number of carbonyl (C=O) groups is 2. The average molecular weight is 428 g/mol. The molecule has 0 saturated heterocycles. The Balaban J connectivity index is 1.67. The first-order valence-electron chi connectivity index (χ1n) is 9.20. The van der Waals surface area contributed by atoms with E-state index < -0.39 is 0 Å². The van der Waals surface area contributed by atoms with E-state index >= 15 is 0 Å². The van der Waals surface area contributed by atoms with Crippen molar-refractivity contribution in [3.63, 3.8) is 0 Å². The number of nitrogens with zero attached hydrogens (tertiary/aromatic N) is 3. The highest BCUT2D eigenvalue weighted by atomic mass is 35.5. The predicted molar refractivity (Wildman–Crippen MR) is 115 cm³/mol. The molecule has 0 atom stereocenters. The number of rotatable bonds is 6. The molecule has 30 heavy (non-hydrogen) atoms. The van der Waals surface area contributed by atoms with E-state index in [1.54, 1.807) is 25.1 Å². The van der Waals surface area contributed by atoms with Gasteiger partial charge in [-0.05, 0) is 50.6 Å². The highest BCUT2D eigenvalue weighted by molar-refractivity contribution is 6.32. The quantitative estimate of drug-likeness (QED) is 0.624. The lowest BCUT2D eigenvalue weighted by Gasteiger charge is -2.09. The van der Waals surface area contributed by atoms with Crippen molar-refractivity contribution in [3.8, 4) is 5.75 Å². The van der Waals surface area contributed by atoms with E-state index in [1.165, 1.54) is 11.8 Å². The van der Waals surface area contributed by atoms with Gasteiger partial charge in [-0.1, -0.05) is 34.5 Å². The van der Waals surface area contributed by atoms with Gasteiger partial charge in [0, 0.05) is 11.4 Å². The molecule has 0 bridgehead atoms. The van der Waals surface area contributed by atoms with Crippen LogP contribution in [-0.4, -0.2) is 33.9 Å². The Morgan fingerprint density at radius 2 is 1.87 bits per heavy atom. The van der Waals surface area contributed by atoms with Crippen LogP contribution in [-0.2, 0) is 11.3 Å². The van der Waals surface area contributed by atoms with E-state index in [2.05, 4.69) is 20.9 Å². The number of methoxy groups -OCH3 is 1. The zero-order chi connectivity index (χ0) is 21.8. The second-order valence-electron chi connectivity index (χ2n) is 6.85. The van der Waals surface area contributed by atoms with Crippen LogP contribution >= 0.6 is 11.6 Å². The second kappa shape index (κ2) is 8.96. The molecule has 0 spiro atoms. The van der Waals surface area contributed by atoms with E-state index in [4.69, 9.17) is 16.3 Å². The number of nitrogens with one attached hydrogen (secondary N) is 2. The number of hydrogen-bond acceptors (Lipinski definition) is 5. The third kappa shape index (κ3) is 4.77. The molecule has 0 radical (unpaired) electrons. The lowest BCUT2D eigenvalue weighted by atomic mass is 10.1. The van der Waals surface area contributed by atoms with E-state index in [-0.39, 0.29) is 24.1 Å². The van der Waals surface area contributed by atoms with Gasteiger partial charge in [-0.15, -0.1) is 5.10 Å². The molecule has 2 N–H and O–H groups in total. The minimum Gasteiger partial charge on any atom is -0.495 e. The normalized spacial score (nSPS) is 10.6. The first kappa shape index (κ1) is 21.3. The highest BCUT2D eigenvalue weighted by Crippen LogP contribution is 2.27. The van der Waals surface area contributed by atoms with Gasteiger partial charge in [0.25, 0.3) is 5.91 Å². The number of halogens is 1. The lowest BCUT2D eigenvalue weighted by molar-refractivity contribution is -0.117.